The first-order valence-corrected chi connectivity index (χ1v) is 6.06. The zero-order chi connectivity index (χ0) is 11.4. The van der Waals surface area contributed by atoms with Gasteiger partial charge in [-0.1, -0.05) is 20.8 Å². The van der Waals surface area contributed by atoms with E-state index >= 15 is 0 Å². The minimum Gasteiger partial charge on any atom is -0.339 e. The lowest BCUT2D eigenvalue weighted by atomic mass is 10.1. The number of hydrogen-bond acceptors (Lipinski definition) is 2. The van der Waals surface area contributed by atoms with E-state index in [0.717, 1.165) is 13.0 Å². The maximum absolute atomic E-state index is 12.0. The molecule has 1 aliphatic rings. The fourth-order valence-electron chi connectivity index (χ4n) is 1.64. The molecule has 0 aromatic rings. The van der Waals surface area contributed by atoms with Crippen molar-refractivity contribution in [3.8, 4) is 0 Å². The van der Waals surface area contributed by atoms with Crippen LogP contribution in [0.2, 0.25) is 0 Å². The largest absolute Gasteiger partial charge is 0.339 e. The van der Waals surface area contributed by atoms with Crippen molar-refractivity contribution < 1.29 is 4.79 Å². The Morgan fingerprint density at radius 2 is 2.00 bits per heavy atom. The van der Waals surface area contributed by atoms with E-state index in [4.69, 9.17) is 5.73 Å². The molecule has 3 nitrogen and oxygen atoms in total. The lowest BCUT2D eigenvalue weighted by Gasteiger charge is -2.26. The second-order valence-electron chi connectivity index (χ2n) is 5.08. The van der Waals surface area contributed by atoms with Gasteiger partial charge < -0.3 is 10.6 Å². The molecule has 1 unspecified atom stereocenters. The first-order valence-electron chi connectivity index (χ1n) is 6.06. The van der Waals surface area contributed by atoms with Gasteiger partial charge in [0.05, 0.1) is 0 Å². The van der Waals surface area contributed by atoms with Gasteiger partial charge in [-0.05, 0) is 25.2 Å². The first kappa shape index (κ1) is 12.5. The zero-order valence-corrected chi connectivity index (χ0v) is 10.2. The normalized spacial score (nSPS) is 17.9. The lowest BCUT2D eigenvalue weighted by molar-refractivity contribution is -0.135. The van der Waals surface area contributed by atoms with Gasteiger partial charge in [-0.25, -0.2) is 0 Å². The number of amides is 1. The summed E-state index contributed by atoms with van der Waals surface area (Å²) in [6.07, 6.45) is 3.46. The highest BCUT2D eigenvalue weighted by Crippen LogP contribution is 2.28. The maximum atomic E-state index is 12.0. The van der Waals surface area contributed by atoms with Crippen LogP contribution in [0.1, 0.15) is 40.0 Å². The quantitative estimate of drug-likeness (QED) is 0.727. The van der Waals surface area contributed by atoms with Crippen LogP contribution in [-0.2, 0) is 4.79 Å². The van der Waals surface area contributed by atoms with Crippen LogP contribution in [0.25, 0.3) is 0 Å². The second kappa shape index (κ2) is 5.50. The van der Waals surface area contributed by atoms with Gasteiger partial charge in [0.25, 0.3) is 0 Å². The van der Waals surface area contributed by atoms with Gasteiger partial charge in [0.2, 0.25) is 5.91 Å². The van der Waals surface area contributed by atoms with E-state index in [-0.39, 0.29) is 11.8 Å². The van der Waals surface area contributed by atoms with E-state index in [9.17, 15) is 4.79 Å². The molecule has 2 N–H and O–H groups in total. The van der Waals surface area contributed by atoms with Crippen LogP contribution in [-0.4, -0.2) is 29.9 Å². The molecule has 0 aromatic carbocycles. The van der Waals surface area contributed by atoms with Crippen molar-refractivity contribution in [3.05, 3.63) is 0 Å². The topological polar surface area (TPSA) is 46.3 Å². The summed E-state index contributed by atoms with van der Waals surface area (Å²) in [6, 6.07) is 0.519. The van der Waals surface area contributed by atoms with Gasteiger partial charge in [0, 0.05) is 25.0 Å². The van der Waals surface area contributed by atoms with Crippen LogP contribution < -0.4 is 5.73 Å². The Kier molecular flexibility index (Phi) is 4.58. The molecule has 1 amide bonds. The molecule has 88 valence electrons. The van der Waals surface area contributed by atoms with E-state index < -0.39 is 0 Å². The molecule has 3 heteroatoms. The summed E-state index contributed by atoms with van der Waals surface area (Å²) in [6.45, 7) is 7.69. The maximum Gasteiger partial charge on any atom is 0.226 e. The molecular formula is C12H24N2O. The summed E-state index contributed by atoms with van der Waals surface area (Å²) in [7, 11) is 0. The average molecular weight is 212 g/mol. The standard InChI is InChI=1S/C12H24N2O/c1-9(2)6-7-14(11-4-5-11)12(15)10(3)8-13/h9-11H,4-8,13H2,1-3H3. The highest BCUT2D eigenvalue weighted by Gasteiger charge is 2.33. The van der Waals surface area contributed by atoms with Crippen LogP contribution in [0.15, 0.2) is 0 Å². The lowest BCUT2D eigenvalue weighted by Crippen LogP contribution is -2.40. The Balaban J connectivity index is 2.45. The molecule has 0 aliphatic heterocycles. The van der Waals surface area contributed by atoms with Crippen LogP contribution in [0.3, 0.4) is 0 Å². The zero-order valence-electron chi connectivity index (χ0n) is 10.2. The van der Waals surface area contributed by atoms with Crippen molar-refractivity contribution in [2.75, 3.05) is 13.1 Å². The summed E-state index contributed by atoms with van der Waals surface area (Å²) in [4.78, 5) is 14.1. The average Bonchev–Trinajstić information content (AvgIpc) is 3.00. The van der Waals surface area contributed by atoms with E-state index in [1.54, 1.807) is 0 Å². The molecule has 1 fully saturated rings. The molecule has 1 aliphatic carbocycles. The number of hydrogen-bond donors (Lipinski definition) is 1. The number of carbonyl (C=O) groups is 1. The van der Waals surface area contributed by atoms with Crippen molar-refractivity contribution in [1.29, 1.82) is 0 Å². The third kappa shape index (κ3) is 3.82. The Labute approximate surface area is 93.0 Å². The van der Waals surface area contributed by atoms with Crippen LogP contribution in [0.4, 0.5) is 0 Å². The Morgan fingerprint density at radius 3 is 2.40 bits per heavy atom. The van der Waals surface area contributed by atoms with E-state index in [2.05, 4.69) is 18.7 Å². The van der Waals surface area contributed by atoms with Crippen molar-refractivity contribution in [1.82, 2.24) is 4.90 Å². The Hall–Kier alpha value is -0.570. The summed E-state index contributed by atoms with van der Waals surface area (Å²) in [5.74, 6) is 0.894. The number of nitrogens with two attached hydrogens (primary N) is 1. The molecule has 0 heterocycles. The number of rotatable bonds is 6. The van der Waals surface area contributed by atoms with E-state index in [0.29, 0.717) is 18.5 Å². The van der Waals surface area contributed by atoms with Gasteiger partial charge in [0.1, 0.15) is 0 Å². The SMILES string of the molecule is CC(C)CCN(C(=O)C(C)CN)C1CC1. The number of nitrogens with zero attached hydrogens (tertiary/aromatic N) is 1. The predicted octanol–water partition coefficient (Wildman–Crippen LogP) is 1.62. The molecular weight excluding hydrogens is 188 g/mol. The second-order valence-corrected chi connectivity index (χ2v) is 5.08. The van der Waals surface area contributed by atoms with Crippen molar-refractivity contribution >= 4 is 5.91 Å². The summed E-state index contributed by atoms with van der Waals surface area (Å²) in [5.41, 5.74) is 5.54. The van der Waals surface area contributed by atoms with Gasteiger partial charge in [0.15, 0.2) is 0 Å². The van der Waals surface area contributed by atoms with Crippen LogP contribution >= 0.6 is 0 Å². The minimum absolute atomic E-state index is 0.0160. The molecule has 0 aromatic heterocycles. The number of carbonyl (C=O) groups excluding carboxylic acids is 1. The molecule has 1 rings (SSSR count). The fraction of sp³-hybridized carbons (Fsp3) is 0.917. The molecule has 0 spiro atoms. The minimum atomic E-state index is -0.0160. The molecule has 0 saturated heterocycles. The van der Waals surface area contributed by atoms with Gasteiger partial charge in [-0.15, -0.1) is 0 Å². The van der Waals surface area contributed by atoms with Crippen molar-refractivity contribution in [3.63, 3.8) is 0 Å². The Morgan fingerprint density at radius 1 is 1.40 bits per heavy atom. The highest BCUT2D eigenvalue weighted by atomic mass is 16.2. The smallest absolute Gasteiger partial charge is 0.226 e. The third-order valence-electron chi connectivity index (χ3n) is 2.99. The van der Waals surface area contributed by atoms with E-state index in [1.807, 2.05) is 6.92 Å². The summed E-state index contributed by atoms with van der Waals surface area (Å²) in [5, 5.41) is 0. The van der Waals surface area contributed by atoms with Crippen molar-refractivity contribution in [2.24, 2.45) is 17.6 Å². The van der Waals surface area contributed by atoms with Gasteiger partial charge >= 0.3 is 0 Å². The highest BCUT2D eigenvalue weighted by molar-refractivity contribution is 5.79. The third-order valence-corrected chi connectivity index (χ3v) is 2.99. The fourth-order valence-corrected chi connectivity index (χ4v) is 1.64. The van der Waals surface area contributed by atoms with Crippen LogP contribution in [0, 0.1) is 11.8 Å². The first-order chi connectivity index (χ1) is 7.06. The monoisotopic (exact) mass is 212 g/mol. The predicted molar refractivity (Wildman–Crippen MR) is 62.4 cm³/mol. The van der Waals surface area contributed by atoms with Gasteiger partial charge in [-0.2, -0.15) is 0 Å². The van der Waals surface area contributed by atoms with E-state index in [1.165, 1.54) is 12.8 Å². The van der Waals surface area contributed by atoms with Gasteiger partial charge in [-0.3, -0.25) is 4.79 Å². The molecule has 15 heavy (non-hydrogen) atoms. The van der Waals surface area contributed by atoms with Crippen LogP contribution in [0.5, 0.6) is 0 Å². The Bertz CT molecular complexity index is 212. The molecule has 0 bridgehead atoms. The molecule has 1 saturated carbocycles. The molecule has 1 atom stereocenters. The molecule has 0 radical (unpaired) electrons. The summed E-state index contributed by atoms with van der Waals surface area (Å²) < 4.78 is 0. The van der Waals surface area contributed by atoms with Crippen molar-refractivity contribution in [2.45, 2.75) is 46.1 Å². The summed E-state index contributed by atoms with van der Waals surface area (Å²) >= 11 is 0.